The second-order valence-corrected chi connectivity index (χ2v) is 4.91. The van der Waals surface area contributed by atoms with Crippen LogP contribution in [0.3, 0.4) is 0 Å². The molecule has 6 heteroatoms. The van der Waals surface area contributed by atoms with Crippen molar-refractivity contribution in [3.63, 3.8) is 0 Å². The van der Waals surface area contributed by atoms with Gasteiger partial charge in [-0.25, -0.2) is 9.78 Å². The number of pyridine rings is 1. The molecule has 100 valence electrons. The number of nitrogens with two attached hydrogens (primary N) is 1. The van der Waals surface area contributed by atoms with Gasteiger partial charge in [0, 0.05) is 11.6 Å². The van der Waals surface area contributed by atoms with Crippen LogP contribution in [0.2, 0.25) is 0 Å². The zero-order valence-electron chi connectivity index (χ0n) is 11.1. The van der Waals surface area contributed by atoms with Gasteiger partial charge < -0.3 is 20.5 Å². The Balaban J connectivity index is 2.81. The maximum absolute atomic E-state index is 10.9. The molecule has 0 bridgehead atoms. The molecule has 0 unspecified atom stereocenters. The predicted molar refractivity (Wildman–Crippen MR) is 68.9 cm³/mol. The Kier molecular flexibility index (Phi) is 4.13. The van der Waals surface area contributed by atoms with Crippen LogP contribution in [-0.4, -0.2) is 47.2 Å². The van der Waals surface area contributed by atoms with E-state index in [-0.39, 0.29) is 22.7 Å². The number of carbonyl (C=O) groups is 1. The van der Waals surface area contributed by atoms with Gasteiger partial charge in [-0.1, -0.05) is 0 Å². The van der Waals surface area contributed by atoms with Crippen LogP contribution in [0.4, 0.5) is 5.69 Å². The molecule has 0 saturated carbocycles. The first-order valence-corrected chi connectivity index (χ1v) is 5.53. The number of carboxylic acid groups (broad SMARTS) is 1. The van der Waals surface area contributed by atoms with Crippen molar-refractivity contribution in [2.75, 3.05) is 26.4 Å². The Labute approximate surface area is 106 Å². The molecule has 0 saturated heterocycles. The molecule has 0 aromatic carbocycles. The van der Waals surface area contributed by atoms with E-state index in [0.29, 0.717) is 6.61 Å². The number of hydrogen-bond donors (Lipinski definition) is 2. The molecule has 1 heterocycles. The van der Waals surface area contributed by atoms with Crippen molar-refractivity contribution in [3.8, 4) is 5.88 Å². The largest absolute Gasteiger partial charge is 0.478 e. The number of nitrogen functional groups attached to an aromatic ring is 1. The zero-order chi connectivity index (χ0) is 13.9. The van der Waals surface area contributed by atoms with E-state index in [1.165, 1.54) is 12.3 Å². The van der Waals surface area contributed by atoms with Crippen LogP contribution in [-0.2, 0) is 0 Å². The van der Waals surface area contributed by atoms with Crippen LogP contribution in [0.1, 0.15) is 24.2 Å². The minimum absolute atomic E-state index is 0.00246. The maximum Gasteiger partial charge on any atom is 0.338 e. The minimum Gasteiger partial charge on any atom is -0.478 e. The van der Waals surface area contributed by atoms with Crippen LogP contribution >= 0.6 is 0 Å². The Morgan fingerprint density at radius 2 is 2.17 bits per heavy atom. The quantitative estimate of drug-likeness (QED) is 0.816. The highest BCUT2D eigenvalue weighted by Crippen LogP contribution is 2.18. The maximum atomic E-state index is 10.9. The SMILES string of the molecule is CN(C)C(C)(C)COc1cc(C(=O)O)c(N)cn1. The molecule has 1 aromatic heterocycles. The molecule has 0 amide bonds. The second-order valence-electron chi connectivity index (χ2n) is 4.91. The summed E-state index contributed by atoms with van der Waals surface area (Å²) in [6.45, 7) is 4.43. The fourth-order valence-corrected chi connectivity index (χ4v) is 1.09. The molecule has 0 aliphatic heterocycles. The van der Waals surface area contributed by atoms with E-state index in [1.54, 1.807) is 0 Å². The van der Waals surface area contributed by atoms with Gasteiger partial charge in [0.25, 0.3) is 0 Å². The molecule has 0 aliphatic rings. The van der Waals surface area contributed by atoms with Crippen molar-refractivity contribution in [1.29, 1.82) is 0 Å². The average molecular weight is 253 g/mol. The van der Waals surface area contributed by atoms with Crippen molar-refractivity contribution >= 4 is 11.7 Å². The van der Waals surface area contributed by atoms with Gasteiger partial charge in [-0.3, -0.25) is 0 Å². The second kappa shape index (κ2) is 5.22. The normalized spacial score (nSPS) is 11.6. The number of nitrogens with zero attached hydrogens (tertiary/aromatic N) is 2. The summed E-state index contributed by atoms with van der Waals surface area (Å²) < 4.78 is 5.51. The Morgan fingerprint density at radius 3 is 2.67 bits per heavy atom. The molecule has 6 nitrogen and oxygen atoms in total. The van der Waals surface area contributed by atoms with Crippen molar-refractivity contribution in [2.45, 2.75) is 19.4 Å². The highest BCUT2D eigenvalue weighted by Gasteiger charge is 2.22. The lowest BCUT2D eigenvalue weighted by Gasteiger charge is -2.31. The Morgan fingerprint density at radius 1 is 1.56 bits per heavy atom. The molecule has 1 aromatic rings. The van der Waals surface area contributed by atoms with Crippen LogP contribution in [0.5, 0.6) is 5.88 Å². The van der Waals surface area contributed by atoms with Gasteiger partial charge in [0.05, 0.1) is 17.4 Å². The summed E-state index contributed by atoms with van der Waals surface area (Å²) in [5.41, 5.74) is 5.47. The number of aromatic carboxylic acids is 1. The van der Waals surface area contributed by atoms with E-state index in [0.717, 1.165) is 0 Å². The van der Waals surface area contributed by atoms with Crippen molar-refractivity contribution < 1.29 is 14.6 Å². The average Bonchev–Trinajstić information content (AvgIpc) is 2.27. The first kappa shape index (κ1) is 14.2. The summed E-state index contributed by atoms with van der Waals surface area (Å²) in [7, 11) is 3.89. The third kappa shape index (κ3) is 3.33. The zero-order valence-corrected chi connectivity index (χ0v) is 11.1. The molecule has 0 spiro atoms. The fraction of sp³-hybridized carbons (Fsp3) is 0.500. The van der Waals surface area contributed by atoms with E-state index in [1.807, 2.05) is 32.8 Å². The summed E-state index contributed by atoms with van der Waals surface area (Å²) in [4.78, 5) is 16.9. The standard InChI is InChI=1S/C12H19N3O3/c1-12(2,15(3)4)7-18-10-5-8(11(16)17)9(13)6-14-10/h5-6H,7,13H2,1-4H3,(H,16,17). The lowest BCUT2D eigenvalue weighted by molar-refractivity contribution is 0.0696. The summed E-state index contributed by atoms with van der Waals surface area (Å²) in [6.07, 6.45) is 1.29. The van der Waals surface area contributed by atoms with Gasteiger partial charge >= 0.3 is 5.97 Å². The summed E-state index contributed by atoms with van der Waals surface area (Å²) in [5, 5.41) is 8.93. The fourth-order valence-electron chi connectivity index (χ4n) is 1.09. The number of likely N-dealkylation sites (N-methyl/N-ethyl adjacent to an activating group) is 1. The number of carboxylic acids is 1. The highest BCUT2D eigenvalue weighted by molar-refractivity contribution is 5.93. The number of rotatable bonds is 5. The molecule has 0 atom stereocenters. The monoisotopic (exact) mass is 253 g/mol. The summed E-state index contributed by atoms with van der Waals surface area (Å²) in [6, 6.07) is 1.34. The molecular weight excluding hydrogens is 234 g/mol. The highest BCUT2D eigenvalue weighted by atomic mass is 16.5. The van der Waals surface area contributed by atoms with Crippen LogP contribution in [0.25, 0.3) is 0 Å². The Hall–Kier alpha value is -1.82. The van der Waals surface area contributed by atoms with Gasteiger partial charge in [-0.15, -0.1) is 0 Å². The third-order valence-corrected chi connectivity index (χ3v) is 2.92. The molecule has 1 rings (SSSR count). The molecule has 0 fully saturated rings. The topological polar surface area (TPSA) is 88.7 Å². The molecule has 0 aliphatic carbocycles. The number of hydrogen-bond acceptors (Lipinski definition) is 5. The van der Waals surface area contributed by atoms with Crippen LogP contribution < -0.4 is 10.5 Å². The van der Waals surface area contributed by atoms with Gasteiger partial charge in [0.1, 0.15) is 6.61 Å². The lowest BCUT2D eigenvalue weighted by atomic mass is 10.1. The van der Waals surface area contributed by atoms with Crippen LogP contribution in [0.15, 0.2) is 12.3 Å². The van der Waals surface area contributed by atoms with E-state index in [2.05, 4.69) is 4.98 Å². The first-order valence-electron chi connectivity index (χ1n) is 5.53. The van der Waals surface area contributed by atoms with Gasteiger partial charge in [-0.2, -0.15) is 0 Å². The lowest BCUT2D eigenvalue weighted by Crippen LogP contribution is -2.43. The number of anilines is 1. The molecule has 3 N–H and O–H groups in total. The molecule has 18 heavy (non-hydrogen) atoms. The summed E-state index contributed by atoms with van der Waals surface area (Å²) in [5.74, 6) is -0.830. The van der Waals surface area contributed by atoms with Gasteiger partial charge in [-0.05, 0) is 27.9 Å². The number of ether oxygens (including phenoxy) is 1. The van der Waals surface area contributed by atoms with Crippen molar-refractivity contribution in [3.05, 3.63) is 17.8 Å². The summed E-state index contributed by atoms with van der Waals surface area (Å²) >= 11 is 0. The van der Waals surface area contributed by atoms with Gasteiger partial charge in [0.15, 0.2) is 0 Å². The van der Waals surface area contributed by atoms with Crippen LogP contribution in [0, 0.1) is 0 Å². The van der Waals surface area contributed by atoms with E-state index in [9.17, 15) is 4.79 Å². The van der Waals surface area contributed by atoms with Crippen molar-refractivity contribution in [1.82, 2.24) is 9.88 Å². The van der Waals surface area contributed by atoms with Gasteiger partial charge in [0.2, 0.25) is 5.88 Å². The Bertz CT molecular complexity index is 444. The third-order valence-electron chi connectivity index (χ3n) is 2.92. The molecule has 0 radical (unpaired) electrons. The van der Waals surface area contributed by atoms with E-state index in [4.69, 9.17) is 15.6 Å². The van der Waals surface area contributed by atoms with Crippen molar-refractivity contribution in [2.24, 2.45) is 0 Å². The smallest absolute Gasteiger partial charge is 0.338 e. The minimum atomic E-state index is -1.09. The first-order chi connectivity index (χ1) is 8.24. The predicted octanol–water partition coefficient (Wildman–Crippen LogP) is 1.08. The van der Waals surface area contributed by atoms with E-state index < -0.39 is 5.97 Å². The number of aromatic nitrogens is 1. The van der Waals surface area contributed by atoms with E-state index >= 15 is 0 Å². The molecular formula is C12H19N3O3.